The summed E-state index contributed by atoms with van der Waals surface area (Å²) < 4.78 is 27.3. The third-order valence-corrected chi connectivity index (χ3v) is 3.28. The van der Waals surface area contributed by atoms with Crippen molar-refractivity contribution in [2.75, 3.05) is 6.54 Å². The number of hydrogen-bond donors (Lipinski definition) is 4. The molecule has 14 heavy (non-hydrogen) atoms. The molecule has 0 amide bonds. The SMILES string of the molecule is CCNS(=O)(=O)NC(C(=N)N)C1CC1. The normalized spacial score (nSPS) is 19.2. The Morgan fingerprint density at radius 2 is 2.21 bits per heavy atom. The van der Waals surface area contributed by atoms with Crippen LogP contribution < -0.4 is 15.2 Å². The number of nitrogens with two attached hydrogens (primary N) is 1. The summed E-state index contributed by atoms with van der Waals surface area (Å²) in [5, 5.41) is 7.26. The van der Waals surface area contributed by atoms with Gasteiger partial charge in [-0.25, -0.2) is 4.72 Å². The van der Waals surface area contributed by atoms with Gasteiger partial charge in [0.25, 0.3) is 10.2 Å². The van der Waals surface area contributed by atoms with Crippen LogP contribution in [-0.2, 0) is 10.2 Å². The van der Waals surface area contributed by atoms with Gasteiger partial charge < -0.3 is 5.73 Å². The van der Waals surface area contributed by atoms with Gasteiger partial charge in [0.05, 0.1) is 6.04 Å². The molecule has 0 aromatic rings. The minimum atomic E-state index is -3.50. The second-order valence-corrected chi connectivity index (χ2v) is 4.92. The summed E-state index contributed by atoms with van der Waals surface area (Å²) in [4.78, 5) is 0. The summed E-state index contributed by atoms with van der Waals surface area (Å²) in [5.41, 5.74) is 5.31. The lowest BCUT2D eigenvalue weighted by Gasteiger charge is -2.16. The number of hydrogen-bond acceptors (Lipinski definition) is 3. The van der Waals surface area contributed by atoms with E-state index in [-0.39, 0.29) is 11.8 Å². The van der Waals surface area contributed by atoms with E-state index in [0.717, 1.165) is 12.8 Å². The summed E-state index contributed by atoms with van der Waals surface area (Å²) >= 11 is 0. The maximum absolute atomic E-state index is 11.3. The predicted molar refractivity (Wildman–Crippen MR) is 54.2 cm³/mol. The Kier molecular flexibility index (Phi) is 3.46. The van der Waals surface area contributed by atoms with Gasteiger partial charge in [-0.15, -0.1) is 0 Å². The fraction of sp³-hybridized carbons (Fsp3) is 0.857. The van der Waals surface area contributed by atoms with Crippen LogP contribution in [0.1, 0.15) is 19.8 Å². The van der Waals surface area contributed by atoms with E-state index >= 15 is 0 Å². The fourth-order valence-electron chi connectivity index (χ4n) is 1.24. The molecular formula is C7H16N4O2S. The van der Waals surface area contributed by atoms with Crippen molar-refractivity contribution in [3.8, 4) is 0 Å². The average molecular weight is 220 g/mol. The predicted octanol–water partition coefficient (Wildman–Crippen LogP) is -0.855. The van der Waals surface area contributed by atoms with E-state index in [1.807, 2.05) is 0 Å². The van der Waals surface area contributed by atoms with E-state index in [2.05, 4.69) is 9.44 Å². The first kappa shape index (κ1) is 11.4. The zero-order chi connectivity index (χ0) is 10.8. The van der Waals surface area contributed by atoms with Gasteiger partial charge in [0.15, 0.2) is 0 Å². The Morgan fingerprint density at radius 1 is 1.64 bits per heavy atom. The quantitative estimate of drug-likeness (QED) is 0.345. The summed E-state index contributed by atoms with van der Waals surface area (Å²) in [7, 11) is -3.50. The van der Waals surface area contributed by atoms with Crippen LogP contribution in [-0.4, -0.2) is 26.8 Å². The molecule has 7 heteroatoms. The highest BCUT2D eigenvalue weighted by atomic mass is 32.2. The maximum Gasteiger partial charge on any atom is 0.277 e. The van der Waals surface area contributed by atoms with Gasteiger partial charge in [-0.05, 0) is 18.8 Å². The average Bonchev–Trinajstić information content (AvgIpc) is 2.82. The second-order valence-electron chi connectivity index (χ2n) is 3.39. The largest absolute Gasteiger partial charge is 0.386 e. The van der Waals surface area contributed by atoms with Crippen molar-refractivity contribution >= 4 is 16.0 Å². The van der Waals surface area contributed by atoms with Crippen LogP contribution in [0.2, 0.25) is 0 Å². The lowest BCUT2D eigenvalue weighted by molar-refractivity contribution is 0.551. The van der Waals surface area contributed by atoms with Crippen LogP contribution in [0.15, 0.2) is 0 Å². The molecule has 0 aromatic carbocycles. The first-order valence-corrected chi connectivity index (χ1v) is 6.05. The van der Waals surface area contributed by atoms with Crippen molar-refractivity contribution in [3.63, 3.8) is 0 Å². The van der Waals surface area contributed by atoms with Gasteiger partial charge in [-0.1, -0.05) is 6.92 Å². The molecular weight excluding hydrogens is 204 g/mol. The van der Waals surface area contributed by atoms with E-state index in [1.165, 1.54) is 0 Å². The summed E-state index contributed by atoms with van der Waals surface area (Å²) in [5.74, 6) is 0.0786. The summed E-state index contributed by atoms with van der Waals surface area (Å²) in [6, 6.07) is -0.543. The molecule has 1 saturated carbocycles. The Hall–Kier alpha value is -0.660. The minimum Gasteiger partial charge on any atom is -0.386 e. The van der Waals surface area contributed by atoms with Crippen molar-refractivity contribution < 1.29 is 8.42 Å². The van der Waals surface area contributed by atoms with Gasteiger partial charge in [0.1, 0.15) is 5.84 Å². The Labute approximate surface area is 83.9 Å². The van der Waals surface area contributed by atoms with E-state index in [1.54, 1.807) is 6.92 Å². The number of rotatable bonds is 6. The van der Waals surface area contributed by atoms with Crippen LogP contribution >= 0.6 is 0 Å². The lowest BCUT2D eigenvalue weighted by Crippen LogP contribution is -2.49. The standard InChI is InChI=1S/C7H16N4O2S/c1-2-10-14(12,13)11-6(7(8)9)5-3-4-5/h5-6,10-11H,2-4H2,1H3,(H3,8,9). The molecule has 0 bridgehead atoms. The van der Waals surface area contributed by atoms with Crippen molar-refractivity contribution in [2.45, 2.75) is 25.8 Å². The smallest absolute Gasteiger partial charge is 0.277 e. The van der Waals surface area contributed by atoms with Crippen LogP contribution in [0, 0.1) is 11.3 Å². The van der Waals surface area contributed by atoms with Crippen molar-refractivity contribution in [3.05, 3.63) is 0 Å². The molecule has 1 aliphatic rings. The van der Waals surface area contributed by atoms with Gasteiger partial charge in [0.2, 0.25) is 0 Å². The second kappa shape index (κ2) is 4.24. The first-order valence-electron chi connectivity index (χ1n) is 4.57. The monoisotopic (exact) mass is 220 g/mol. The molecule has 5 N–H and O–H groups in total. The minimum absolute atomic E-state index is 0.117. The van der Waals surface area contributed by atoms with E-state index in [4.69, 9.17) is 11.1 Å². The Balaban J connectivity index is 2.59. The molecule has 82 valence electrons. The van der Waals surface area contributed by atoms with Crippen LogP contribution in [0.5, 0.6) is 0 Å². The third-order valence-electron chi connectivity index (χ3n) is 2.04. The third kappa shape index (κ3) is 3.24. The Morgan fingerprint density at radius 3 is 2.57 bits per heavy atom. The molecule has 0 radical (unpaired) electrons. The lowest BCUT2D eigenvalue weighted by atomic mass is 10.2. The first-order chi connectivity index (χ1) is 6.46. The van der Waals surface area contributed by atoms with Gasteiger partial charge >= 0.3 is 0 Å². The maximum atomic E-state index is 11.3. The molecule has 0 saturated heterocycles. The topological polar surface area (TPSA) is 108 Å². The van der Waals surface area contributed by atoms with Gasteiger partial charge in [-0.2, -0.15) is 13.1 Å². The summed E-state index contributed by atoms with van der Waals surface area (Å²) in [6.07, 6.45) is 1.86. The van der Waals surface area contributed by atoms with E-state index in [9.17, 15) is 8.42 Å². The molecule has 0 spiro atoms. The van der Waals surface area contributed by atoms with Crippen molar-refractivity contribution in [1.82, 2.24) is 9.44 Å². The Bertz CT molecular complexity index is 310. The van der Waals surface area contributed by atoms with Gasteiger partial charge in [-0.3, -0.25) is 5.41 Å². The molecule has 0 heterocycles. The van der Waals surface area contributed by atoms with Crippen LogP contribution in [0.25, 0.3) is 0 Å². The molecule has 1 rings (SSSR count). The zero-order valence-corrected chi connectivity index (χ0v) is 8.89. The molecule has 0 aliphatic heterocycles. The van der Waals surface area contributed by atoms with Gasteiger partial charge in [0, 0.05) is 6.54 Å². The summed E-state index contributed by atoms with van der Waals surface area (Å²) in [6.45, 7) is 2.02. The molecule has 6 nitrogen and oxygen atoms in total. The van der Waals surface area contributed by atoms with E-state index in [0.29, 0.717) is 6.54 Å². The van der Waals surface area contributed by atoms with Crippen LogP contribution in [0.4, 0.5) is 0 Å². The number of amidine groups is 1. The molecule has 1 unspecified atom stereocenters. The highest BCUT2D eigenvalue weighted by molar-refractivity contribution is 7.87. The van der Waals surface area contributed by atoms with Crippen molar-refractivity contribution in [1.29, 1.82) is 5.41 Å². The highest BCUT2D eigenvalue weighted by Crippen LogP contribution is 2.32. The molecule has 1 aliphatic carbocycles. The van der Waals surface area contributed by atoms with Crippen LogP contribution in [0.3, 0.4) is 0 Å². The highest BCUT2D eigenvalue weighted by Gasteiger charge is 2.35. The van der Waals surface area contributed by atoms with Crippen molar-refractivity contribution in [2.24, 2.45) is 11.7 Å². The number of nitrogens with one attached hydrogen (secondary N) is 3. The zero-order valence-electron chi connectivity index (χ0n) is 8.08. The fourth-order valence-corrected chi connectivity index (χ4v) is 2.36. The molecule has 1 fully saturated rings. The molecule has 0 aromatic heterocycles. The molecule has 1 atom stereocenters. The van der Waals surface area contributed by atoms with E-state index < -0.39 is 16.3 Å².